The molecule has 76 valence electrons. The van der Waals surface area contributed by atoms with Gasteiger partial charge in [0.15, 0.2) is 0 Å². The lowest BCUT2D eigenvalue weighted by Gasteiger charge is -2.23. The molecule has 1 aromatic heterocycles. The quantitative estimate of drug-likeness (QED) is 0.776. The van der Waals surface area contributed by atoms with Crippen molar-refractivity contribution in [1.29, 1.82) is 0 Å². The fourth-order valence-electron chi connectivity index (χ4n) is 1.54. The van der Waals surface area contributed by atoms with E-state index in [1.165, 1.54) is 0 Å². The zero-order valence-electron chi connectivity index (χ0n) is 7.83. The summed E-state index contributed by atoms with van der Waals surface area (Å²) in [7, 11) is 0. The Balaban J connectivity index is 1.92. The largest absolute Gasteiger partial charge is 0.351 e. The highest BCUT2D eigenvalue weighted by molar-refractivity contribution is 6.30. The van der Waals surface area contributed by atoms with E-state index in [0.717, 1.165) is 25.9 Å². The highest BCUT2D eigenvalue weighted by Gasteiger charge is 2.13. The summed E-state index contributed by atoms with van der Waals surface area (Å²) in [5.74, 6) is 0.668. The first kappa shape index (κ1) is 9.68. The van der Waals surface area contributed by atoms with Crippen LogP contribution in [0.4, 0.5) is 5.95 Å². The zero-order valence-corrected chi connectivity index (χ0v) is 8.59. The van der Waals surface area contributed by atoms with Gasteiger partial charge in [0.25, 0.3) is 0 Å². The van der Waals surface area contributed by atoms with E-state index in [4.69, 9.17) is 11.6 Å². The molecule has 1 aliphatic heterocycles. The minimum atomic E-state index is 0.484. The lowest BCUT2D eigenvalue weighted by molar-refractivity contribution is 0.477. The van der Waals surface area contributed by atoms with Crippen LogP contribution in [0.3, 0.4) is 0 Å². The van der Waals surface area contributed by atoms with Gasteiger partial charge in [-0.05, 0) is 25.9 Å². The Kier molecular flexibility index (Phi) is 3.16. The third-order valence-electron chi connectivity index (χ3n) is 2.29. The summed E-state index contributed by atoms with van der Waals surface area (Å²) in [6, 6.07) is 0.484. The Morgan fingerprint density at radius 1 is 1.29 bits per heavy atom. The van der Waals surface area contributed by atoms with Gasteiger partial charge in [0.05, 0.1) is 17.4 Å². The molecule has 0 saturated carbocycles. The molecule has 14 heavy (non-hydrogen) atoms. The maximum absolute atomic E-state index is 5.69. The molecule has 5 heteroatoms. The van der Waals surface area contributed by atoms with Crippen LogP contribution in [0.25, 0.3) is 0 Å². The lowest BCUT2D eigenvalue weighted by Crippen LogP contribution is -2.35. The van der Waals surface area contributed by atoms with E-state index in [1.54, 1.807) is 12.4 Å². The van der Waals surface area contributed by atoms with Gasteiger partial charge in [-0.2, -0.15) is 0 Å². The number of nitrogens with zero attached hydrogens (tertiary/aromatic N) is 2. The Hall–Kier alpha value is -0.870. The number of hydrogen-bond acceptors (Lipinski definition) is 4. The maximum Gasteiger partial charge on any atom is 0.222 e. The number of anilines is 1. The third-order valence-corrected chi connectivity index (χ3v) is 2.49. The van der Waals surface area contributed by atoms with Crippen LogP contribution in [0.5, 0.6) is 0 Å². The number of nitrogens with one attached hydrogen (secondary N) is 2. The standard InChI is InChI=1S/C9H13ClN4/c10-7-5-12-9(13-6-7)14-8-1-3-11-4-2-8/h5-6,8,11H,1-4H2,(H,12,13,14). The van der Waals surface area contributed by atoms with Gasteiger partial charge in [-0.3, -0.25) is 0 Å². The first-order valence-corrected chi connectivity index (χ1v) is 5.17. The minimum absolute atomic E-state index is 0.484. The van der Waals surface area contributed by atoms with Crippen LogP contribution in [-0.4, -0.2) is 29.1 Å². The average Bonchev–Trinajstić information content (AvgIpc) is 2.23. The molecule has 2 N–H and O–H groups in total. The van der Waals surface area contributed by atoms with Gasteiger partial charge in [0.1, 0.15) is 0 Å². The first-order valence-electron chi connectivity index (χ1n) is 4.79. The van der Waals surface area contributed by atoms with E-state index < -0.39 is 0 Å². The van der Waals surface area contributed by atoms with E-state index in [-0.39, 0.29) is 0 Å². The van der Waals surface area contributed by atoms with E-state index >= 15 is 0 Å². The topological polar surface area (TPSA) is 49.8 Å². The zero-order chi connectivity index (χ0) is 9.80. The van der Waals surface area contributed by atoms with Crippen molar-refractivity contribution in [3.8, 4) is 0 Å². The summed E-state index contributed by atoms with van der Waals surface area (Å²) in [6.45, 7) is 2.12. The van der Waals surface area contributed by atoms with Gasteiger partial charge in [0.2, 0.25) is 5.95 Å². The van der Waals surface area contributed by atoms with Gasteiger partial charge < -0.3 is 10.6 Å². The number of hydrogen-bond donors (Lipinski definition) is 2. The molecule has 1 fully saturated rings. The van der Waals surface area contributed by atoms with E-state index in [1.807, 2.05) is 0 Å². The molecule has 0 aliphatic carbocycles. The highest BCUT2D eigenvalue weighted by Crippen LogP contribution is 2.10. The number of halogens is 1. The molecule has 1 aliphatic rings. The molecule has 1 aromatic rings. The lowest BCUT2D eigenvalue weighted by atomic mass is 10.1. The number of aromatic nitrogens is 2. The van der Waals surface area contributed by atoms with Gasteiger partial charge in [-0.25, -0.2) is 9.97 Å². The summed E-state index contributed by atoms with van der Waals surface area (Å²) in [5.41, 5.74) is 0. The van der Waals surface area contributed by atoms with Crippen LogP contribution in [0.15, 0.2) is 12.4 Å². The molecule has 1 saturated heterocycles. The number of piperidine rings is 1. The Morgan fingerprint density at radius 3 is 2.57 bits per heavy atom. The van der Waals surface area contributed by atoms with Gasteiger partial charge >= 0.3 is 0 Å². The molecule has 0 radical (unpaired) electrons. The predicted octanol–water partition coefficient (Wildman–Crippen LogP) is 1.29. The predicted molar refractivity (Wildman–Crippen MR) is 56.6 cm³/mol. The summed E-state index contributed by atoms with van der Waals surface area (Å²) >= 11 is 5.69. The first-order chi connectivity index (χ1) is 6.84. The van der Waals surface area contributed by atoms with Crippen LogP contribution in [0, 0.1) is 0 Å². The summed E-state index contributed by atoms with van der Waals surface area (Å²) < 4.78 is 0. The second kappa shape index (κ2) is 4.57. The van der Waals surface area contributed by atoms with Crippen molar-refractivity contribution in [3.05, 3.63) is 17.4 Å². The molecule has 0 spiro atoms. The van der Waals surface area contributed by atoms with Crippen molar-refractivity contribution in [1.82, 2.24) is 15.3 Å². The molecule has 0 atom stereocenters. The molecule has 2 heterocycles. The van der Waals surface area contributed by atoms with E-state index in [9.17, 15) is 0 Å². The van der Waals surface area contributed by atoms with Gasteiger partial charge in [-0.15, -0.1) is 0 Å². The van der Waals surface area contributed by atoms with E-state index in [0.29, 0.717) is 17.0 Å². The van der Waals surface area contributed by atoms with Gasteiger partial charge in [0, 0.05) is 6.04 Å². The van der Waals surface area contributed by atoms with Crippen LogP contribution in [0.1, 0.15) is 12.8 Å². The van der Waals surface area contributed by atoms with Crippen LogP contribution >= 0.6 is 11.6 Å². The summed E-state index contributed by atoms with van der Waals surface area (Å²) in [4.78, 5) is 8.20. The Bertz CT molecular complexity index is 281. The van der Waals surface area contributed by atoms with Crippen molar-refractivity contribution < 1.29 is 0 Å². The van der Waals surface area contributed by atoms with Crippen LogP contribution in [-0.2, 0) is 0 Å². The van der Waals surface area contributed by atoms with Gasteiger partial charge in [-0.1, -0.05) is 11.6 Å². The molecule has 0 amide bonds. The maximum atomic E-state index is 5.69. The second-order valence-electron chi connectivity index (χ2n) is 3.39. The van der Waals surface area contributed by atoms with Crippen molar-refractivity contribution >= 4 is 17.5 Å². The third kappa shape index (κ3) is 2.56. The fourth-order valence-corrected chi connectivity index (χ4v) is 1.63. The molecule has 0 aromatic carbocycles. The normalized spacial score (nSPS) is 18.1. The fraction of sp³-hybridized carbons (Fsp3) is 0.556. The Labute approximate surface area is 88.1 Å². The molecule has 2 rings (SSSR count). The molecule has 0 bridgehead atoms. The van der Waals surface area contributed by atoms with Crippen LogP contribution < -0.4 is 10.6 Å². The van der Waals surface area contributed by atoms with Crippen LogP contribution in [0.2, 0.25) is 5.02 Å². The van der Waals surface area contributed by atoms with Crippen molar-refractivity contribution in [2.24, 2.45) is 0 Å². The summed E-state index contributed by atoms with van der Waals surface area (Å²) in [6.07, 6.45) is 5.45. The van der Waals surface area contributed by atoms with Crippen molar-refractivity contribution in [2.75, 3.05) is 18.4 Å². The smallest absolute Gasteiger partial charge is 0.222 e. The SMILES string of the molecule is Clc1cnc(NC2CCNCC2)nc1. The Morgan fingerprint density at radius 2 is 1.93 bits per heavy atom. The monoisotopic (exact) mass is 212 g/mol. The molecule has 4 nitrogen and oxygen atoms in total. The van der Waals surface area contributed by atoms with Crippen molar-refractivity contribution in [2.45, 2.75) is 18.9 Å². The van der Waals surface area contributed by atoms with Crippen molar-refractivity contribution in [3.63, 3.8) is 0 Å². The molecular formula is C9H13ClN4. The molecular weight excluding hydrogens is 200 g/mol. The highest BCUT2D eigenvalue weighted by atomic mass is 35.5. The average molecular weight is 213 g/mol. The minimum Gasteiger partial charge on any atom is -0.351 e. The van der Waals surface area contributed by atoms with E-state index in [2.05, 4.69) is 20.6 Å². The second-order valence-corrected chi connectivity index (χ2v) is 3.83. The molecule has 0 unspecified atom stereocenters. The summed E-state index contributed by atoms with van der Waals surface area (Å²) in [5, 5.41) is 7.17. The number of rotatable bonds is 2.